The van der Waals surface area contributed by atoms with Crippen LogP contribution < -0.4 is 5.73 Å². The van der Waals surface area contributed by atoms with Crippen molar-refractivity contribution in [2.75, 3.05) is 13.6 Å². The third-order valence-corrected chi connectivity index (χ3v) is 4.81. The average Bonchev–Trinajstić information content (AvgIpc) is 2.47. The van der Waals surface area contributed by atoms with Crippen molar-refractivity contribution in [1.29, 1.82) is 0 Å². The zero-order valence-corrected chi connectivity index (χ0v) is 13.0. The molecule has 1 aliphatic rings. The first-order valence-electron chi connectivity index (χ1n) is 7.90. The van der Waals surface area contributed by atoms with Gasteiger partial charge in [0, 0.05) is 17.6 Å². The van der Waals surface area contributed by atoms with Gasteiger partial charge < -0.3 is 10.6 Å². The Labute approximate surface area is 126 Å². The summed E-state index contributed by atoms with van der Waals surface area (Å²) in [6.45, 7) is 3.11. The molecule has 0 radical (unpaired) electrons. The minimum Gasteiger partial charge on any atom is -0.324 e. The predicted octanol–water partition coefficient (Wildman–Crippen LogP) is 3.87. The second-order valence-electron chi connectivity index (χ2n) is 6.35. The lowest BCUT2D eigenvalue weighted by molar-refractivity contribution is 0.136. The molecule has 0 spiro atoms. The normalized spacial score (nSPS) is 24.3. The maximum absolute atomic E-state index is 13.7. The number of benzene rings is 1. The van der Waals surface area contributed by atoms with E-state index in [0.29, 0.717) is 18.4 Å². The van der Waals surface area contributed by atoms with Gasteiger partial charge >= 0.3 is 0 Å². The van der Waals surface area contributed by atoms with E-state index in [1.807, 2.05) is 0 Å². The average molecular weight is 296 g/mol. The van der Waals surface area contributed by atoms with Crippen molar-refractivity contribution in [3.05, 3.63) is 35.4 Å². The van der Waals surface area contributed by atoms with Crippen molar-refractivity contribution >= 4 is 0 Å². The van der Waals surface area contributed by atoms with Crippen LogP contribution >= 0.6 is 0 Å². The summed E-state index contributed by atoms with van der Waals surface area (Å²) in [5.41, 5.74) is 6.32. The Morgan fingerprint density at radius 2 is 2.00 bits per heavy atom. The van der Waals surface area contributed by atoms with E-state index >= 15 is 0 Å². The Hall–Kier alpha value is -1.00. The fourth-order valence-electron chi connectivity index (χ4n) is 3.42. The van der Waals surface area contributed by atoms with Crippen LogP contribution in [0.1, 0.15) is 50.6 Å². The number of halogens is 2. The van der Waals surface area contributed by atoms with E-state index in [1.165, 1.54) is 31.7 Å². The molecule has 0 aromatic heterocycles. The molecule has 21 heavy (non-hydrogen) atoms. The van der Waals surface area contributed by atoms with E-state index < -0.39 is 17.7 Å². The largest absolute Gasteiger partial charge is 0.324 e. The summed E-state index contributed by atoms with van der Waals surface area (Å²) in [5, 5.41) is 0. The fourth-order valence-corrected chi connectivity index (χ4v) is 3.42. The van der Waals surface area contributed by atoms with Gasteiger partial charge in [0.15, 0.2) is 11.6 Å². The molecule has 0 amide bonds. The van der Waals surface area contributed by atoms with E-state index in [1.54, 1.807) is 6.07 Å². The molecule has 0 saturated heterocycles. The van der Waals surface area contributed by atoms with Gasteiger partial charge in [-0.15, -0.1) is 0 Å². The van der Waals surface area contributed by atoms with Crippen LogP contribution in [0.5, 0.6) is 0 Å². The molecule has 1 fully saturated rings. The van der Waals surface area contributed by atoms with Crippen LogP contribution in [0.4, 0.5) is 8.78 Å². The van der Waals surface area contributed by atoms with E-state index in [0.717, 1.165) is 12.6 Å². The third-order valence-electron chi connectivity index (χ3n) is 4.81. The van der Waals surface area contributed by atoms with Crippen LogP contribution in [0.2, 0.25) is 0 Å². The van der Waals surface area contributed by atoms with Gasteiger partial charge in [-0.2, -0.15) is 0 Å². The Kier molecular flexibility index (Phi) is 5.71. The predicted molar refractivity (Wildman–Crippen MR) is 82.0 cm³/mol. The monoisotopic (exact) mass is 296 g/mol. The molecule has 1 aromatic carbocycles. The summed E-state index contributed by atoms with van der Waals surface area (Å²) >= 11 is 0. The minimum absolute atomic E-state index is 0.278. The molecule has 2 rings (SSSR count). The van der Waals surface area contributed by atoms with Crippen molar-refractivity contribution in [1.82, 2.24) is 4.90 Å². The summed E-state index contributed by atoms with van der Waals surface area (Å²) in [7, 11) is 2.11. The number of hydrogen-bond donors (Lipinski definition) is 1. The molecular formula is C17H26F2N2. The second-order valence-corrected chi connectivity index (χ2v) is 6.35. The van der Waals surface area contributed by atoms with Gasteiger partial charge in [-0.1, -0.05) is 31.9 Å². The molecule has 2 N–H and O–H groups in total. The van der Waals surface area contributed by atoms with Gasteiger partial charge in [-0.25, -0.2) is 8.78 Å². The highest BCUT2D eigenvalue weighted by atomic mass is 19.2. The van der Waals surface area contributed by atoms with Gasteiger partial charge in [-0.3, -0.25) is 0 Å². The molecule has 0 aliphatic heterocycles. The highest BCUT2D eigenvalue weighted by Crippen LogP contribution is 2.28. The summed E-state index contributed by atoms with van der Waals surface area (Å²) in [6, 6.07) is 4.35. The third kappa shape index (κ3) is 4.01. The van der Waals surface area contributed by atoms with Gasteiger partial charge in [0.2, 0.25) is 0 Å². The molecule has 0 heterocycles. The van der Waals surface area contributed by atoms with Crippen LogP contribution in [0.3, 0.4) is 0 Å². The number of nitrogens with zero attached hydrogens (tertiary/aromatic N) is 1. The van der Waals surface area contributed by atoms with Gasteiger partial charge in [-0.05, 0) is 44.8 Å². The molecule has 2 nitrogen and oxygen atoms in total. The topological polar surface area (TPSA) is 29.3 Å². The molecule has 4 heteroatoms. The minimum atomic E-state index is -0.822. The first kappa shape index (κ1) is 16.4. The van der Waals surface area contributed by atoms with E-state index in [9.17, 15) is 8.78 Å². The molecule has 3 atom stereocenters. The number of nitrogens with two attached hydrogens (primary N) is 1. The smallest absolute Gasteiger partial charge is 0.163 e. The van der Waals surface area contributed by atoms with Crippen LogP contribution in [0, 0.1) is 17.6 Å². The lowest BCUT2D eigenvalue weighted by Crippen LogP contribution is -2.40. The van der Waals surface area contributed by atoms with Crippen molar-refractivity contribution in [3.63, 3.8) is 0 Å². The van der Waals surface area contributed by atoms with Crippen LogP contribution in [0.15, 0.2) is 18.2 Å². The summed E-state index contributed by atoms with van der Waals surface area (Å²) in [6.07, 6.45) is 5.74. The van der Waals surface area contributed by atoms with E-state index in [-0.39, 0.29) is 5.56 Å². The van der Waals surface area contributed by atoms with Crippen molar-refractivity contribution in [2.45, 2.75) is 51.1 Å². The first-order chi connectivity index (χ1) is 10.0. The van der Waals surface area contributed by atoms with Gasteiger partial charge in [0.25, 0.3) is 0 Å². The zero-order valence-electron chi connectivity index (χ0n) is 13.0. The molecule has 1 aliphatic carbocycles. The molecule has 1 aromatic rings. The first-order valence-corrected chi connectivity index (χ1v) is 7.90. The molecule has 0 bridgehead atoms. The number of rotatable bonds is 5. The molecule has 1 saturated carbocycles. The maximum Gasteiger partial charge on any atom is 0.163 e. The SMILES string of the molecule is CC1CCCCC1N(C)CCC(N)c1cccc(F)c1F. The Morgan fingerprint density at radius 1 is 1.29 bits per heavy atom. The maximum atomic E-state index is 13.7. The lowest BCUT2D eigenvalue weighted by atomic mass is 9.85. The van der Waals surface area contributed by atoms with Crippen LogP contribution in [-0.4, -0.2) is 24.5 Å². The summed E-state index contributed by atoms with van der Waals surface area (Å²) in [5.74, 6) is -0.929. The van der Waals surface area contributed by atoms with Crippen molar-refractivity contribution < 1.29 is 8.78 Å². The Bertz CT molecular complexity index is 464. The molecule has 3 unspecified atom stereocenters. The Balaban J connectivity index is 1.91. The summed E-state index contributed by atoms with van der Waals surface area (Å²) in [4.78, 5) is 2.33. The van der Waals surface area contributed by atoms with Crippen LogP contribution in [0.25, 0.3) is 0 Å². The Morgan fingerprint density at radius 3 is 2.71 bits per heavy atom. The van der Waals surface area contributed by atoms with Crippen molar-refractivity contribution in [2.24, 2.45) is 11.7 Å². The highest BCUT2D eigenvalue weighted by molar-refractivity contribution is 5.22. The van der Waals surface area contributed by atoms with Gasteiger partial charge in [0.1, 0.15) is 0 Å². The standard InChI is InChI=1S/C17H26F2N2/c1-12-6-3-4-9-16(12)21(2)11-10-15(20)13-7-5-8-14(18)17(13)19/h5,7-8,12,15-16H,3-4,6,9-11,20H2,1-2H3. The fraction of sp³-hybridized carbons (Fsp3) is 0.647. The highest BCUT2D eigenvalue weighted by Gasteiger charge is 2.25. The quantitative estimate of drug-likeness (QED) is 0.894. The van der Waals surface area contributed by atoms with E-state index in [2.05, 4.69) is 18.9 Å². The van der Waals surface area contributed by atoms with Crippen molar-refractivity contribution in [3.8, 4) is 0 Å². The van der Waals surface area contributed by atoms with E-state index in [4.69, 9.17) is 5.73 Å². The lowest BCUT2D eigenvalue weighted by Gasteiger charge is -2.36. The zero-order chi connectivity index (χ0) is 15.4. The second kappa shape index (κ2) is 7.32. The summed E-state index contributed by atoms with van der Waals surface area (Å²) < 4.78 is 27.0. The van der Waals surface area contributed by atoms with Crippen LogP contribution in [-0.2, 0) is 0 Å². The number of hydrogen-bond acceptors (Lipinski definition) is 2. The van der Waals surface area contributed by atoms with Gasteiger partial charge in [0.05, 0.1) is 0 Å². The molecular weight excluding hydrogens is 270 g/mol. The molecule has 118 valence electrons.